The molecule has 2 heteroatoms. The van der Waals surface area contributed by atoms with Crippen molar-refractivity contribution in [3.05, 3.63) is 0 Å². The van der Waals surface area contributed by atoms with Gasteiger partial charge < -0.3 is 5.32 Å². The Labute approximate surface area is 92.4 Å². The summed E-state index contributed by atoms with van der Waals surface area (Å²) in [6, 6.07) is 1.63. The molecule has 0 aromatic heterocycles. The predicted octanol–water partition coefficient (Wildman–Crippen LogP) is 2.91. The molecular weight excluding hydrogens is 190 g/mol. The Hall–Kier alpha value is 0.310. The highest BCUT2D eigenvalue weighted by atomic mass is 32.2. The van der Waals surface area contributed by atoms with E-state index in [1.54, 1.807) is 0 Å². The van der Waals surface area contributed by atoms with Crippen LogP contribution in [0.1, 0.15) is 39.5 Å². The van der Waals surface area contributed by atoms with Crippen molar-refractivity contribution in [1.82, 2.24) is 5.32 Å². The molecule has 1 heterocycles. The molecule has 0 spiro atoms. The van der Waals surface area contributed by atoms with Crippen molar-refractivity contribution in [2.75, 3.05) is 11.5 Å². The van der Waals surface area contributed by atoms with Crippen LogP contribution in [0.3, 0.4) is 0 Å². The van der Waals surface area contributed by atoms with Gasteiger partial charge in [-0.05, 0) is 30.4 Å². The summed E-state index contributed by atoms with van der Waals surface area (Å²) in [5, 5.41) is 3.88. The summed E-state index contributed by atoms with van der Waals surface area (Å²) in [5.41, 5.74) is 0. The van der Waals surface area contributed by atoms with Gasteiger partial charge in [-0.3, -0.25) is 0 Å². The molecule has 1 nitrogen and oxygen atoms in total. The fraction of sp³-hybridized carbons (Fsp3) is 1.00. The zero-order valence-electron chi connectivity index (χ0n) is 9.46. The van der Waals surface area contributed by atoms with Gasteiger partial charge in [0.2, 0.25) is 0 Å². The van der Waals surface area contributed by atoms with E-state index in [0.717, 1.165) is 23.9 Å². The minimum absolute atomic E-state index is 0.808. The first-order chi connectivity index (χ1) is 6.77. The van der Waals surface area contributed by atoms with Crippen molar-refractivity contribution >= 4 is 11.8 Å². The van der Waals surface area contributed by atoms with Crippen molar-refractivity contribution in [2.45, 2.75) is 51.6 Å². The SMILES string of the molecule is CC1CCCC(NC2CCSC2)C1C. The van der Waals surface area contributed by atoms with Gasteiger partial charge in [-0.2, -0.15) is 11.8 Å². The summed E-state index contributed by atoms with van der Waals surface area (Å²) in [6.07, 6.45) is 5.68. The zero-order chi connectivity index (χ0) is 9.97. The normalized spacial score (nSPS) is 44.1. The van der Waals surface area contributed by atoms with Crippen LogP contribution in [0.25, 0.3) is 0 Å². The molecule has 0 radical (unpaired) electrons. The van der Waals surface area contributed by atoms with Crippen molar-refractivity contribution < 1.29 is 0 Å². The first-order valence-corrected chi connectivity index (χ1v) is 7.26. The molecular formula is C12H23NS. The lowest BCUT2D eigenvalue weighted by Gasteiger charge is -2.36. The van der Waals surface area contributed by atoms with E-state index in [0.29, 0.717) is 0 Å². The van der Waals surface area contributed by atoms with Crippen molar-refractivity contribution in [3.8, 4) is 0 Å². The zero-order valence-corrected chi connectivity index (χ0v) is 10.3. The third-order valence-electron chi connectivity index (χ3n) is 4.09. The molecule has 2 aliphatic rings. The average Bonchev–Trinajstić information content (AvgIpc) is 2.66. The van der Waals surface area contributed by atoms with Crippen LogP contribution in [0.2, 0.25) is 0 Å². The van der Waals surface area contributed by atoms with E-state index < -0.39 is 0 Å². The number of rotatable bonds is 2. The molecule has 0 aromatic rings. The Morgan fingerprint density at radius 1 is 1.14 bits per heavy atom. The maximum Gasteiger partial charge on any atom is 0.0168 e. The van der Waals surface area contributed by atoms with Gasteiger partial charge in [0, 0.05) is 17.8 Å². The lowest BCUT2D eigenvalue weighted by molar-refractivity contribution is 0.197. The van der Waals surface area contributed by atoms with Crippen LogP contribution < -0.4 is 5.32 Å². The molecule has 0 amide bonds. The summed E-state index contributed by atoms with van der Waals surface area (Å²) in [5.74, 6) is 4.52. The molecule has 1 aliphatic carbocycles. The van der Waals surface area contributed by atoms with E-state index in [9.17, 15) is 0 Å². The molecule has 1 saturated heterocycles. The van der Waals surface area contributed by atoms with Gasteiger partial charge in [0.1, 0.15) is 0 Å². The molecule has 0 bridgehead atoms. The molecule has 4 unspecified atom stereocenters. The molecule has 1 N–H and O–H groups in total. The Kier molecular flexibility index (Phi) is 3.78. The summed E-state index contributed by atoms with van der Waals surface area (Å²) in [6.45, 7) is 4.85. The molecule has 2 fully saturated rings. The van der Waals surface area contributed by atoms with Crippen molar-refractivity contribution in [3.63, 3.8) is 0 Å². The van der Waals surface area contributed by atoms with E-state index in [2.05, 4.69) is 30.9 Å². The summed E-state index contributed by atoms with van der Waals surface area (Å²) >= 11 is 2.11. The van der Waals surface area contributed by atoms with Crippen LogP contribution >= 0.6 is 11.8 Å². The van der Waals surface area contributed by atoms with E-state index in [4.69, 9.17) is 0 Å². The fourth-order valence-corrected chi connectivity index (χ4v) is 3.95. The van der Waals surface area contributed by atoms with E-state index >= 15 is 0 Å². The Morgan fingerprint density at radius 2 is 2.00 bits per heavy atom. The molecule has 4 atom stereocenters. The van der Waals surface area contributed by atoms with E-state index in [1.807, 2.05) is 0 Å². The van der Waals surface area contributed by atoms with Gasteiger partial charge >= 0.3 is 0 Å². The minimum atomic E-state index is 0.808. The standard InChI is InChI=1S/C12H23NS/c1-9-4-3-5-12(10(9)2)13-11-6-7-14-8-11/h9-13H,3-8H2,1-2H3. The molecule has 1 aliphatic heterocycles. The van der Waals surface area contributed by atoms with Gasteiger partial charge in [0.05, 0.1) is 0 Å². The van der Waals surface area contributed by atoms with Crippen LogP contribution in [-0.4, -0.2) is 23.6 Å². The second kappa shape index (κ2) is 4.89. The largest absolute Gasteiger partial charge is 0.310 e. The monoisotopic (exact) mass is 213 g/mol. The quantitative estimate of drug-likeness (QED) is 0.757. The van der Waals surface area contributed by atoms with Crippen molar-refractivity contribution in [2.24, 2.45) is 11.8 Å². The molecule has 2 rings (SSSR count). The number of nitrogens with one attached hydrogen (secondary N) is 1. The van der Waals surface area contributed by atoms with Crippen LogP contribution in [0.4, 0.5) is 0 Å². The Bertz CT molecular complexity index is 177. The summed E-state index contributed by atoms with van der Waals surface area (Å²) in [7, 11) is 0. The van der Waals surface area contributed by atoms with Gasteiger partial charge in [-0.15, -0.1) is 0 Å². The van der Waals surface area contributed by atoms with E-state index in [-0.39, 0.29) is 0 Å². The number of hydrogen-bond acceptors (Lipinski definition) is 2. The number of thioether (sulfide) groups is 1. The Balaban J connectivity index is 1.83. The first-order valence-electron chi connectivity index (χ1n) is 6.11. The Morgan fingerprint density at radius 3 is 2.71 bits per heavy atom. The van der Waals surface area contributed by atoms with Gasteiger partial charge in [-0.25, -0.2) is 0 Å². The lowest BCUT2D eigenvalue weighted by atomic mass is 9.78. The molecule has 14 heavy (non-hydrogen) atoms. The third-order valence-corrected chi connectivity index (χ3v) is 5.25. The summed E-state index contributed by atoms with van der Waals surface area (Å²) in [4.78, 5) is 0. The highest BCUT2D eigenvalue weighted by molar-refractivity contribution is 7.99. The second-order valence-electron chi connectivity index (χ2n) is 5.10. The average molecular weight is 213 g/mol. The lowest BCUT2D eigenvalue weighted by Crippen LogP contribution is -2.45. The molecule has 82 valence electrons. The highest BCUT2D eigenvalue weighted by Gasteiger charge is 2.29. The van der Waals surface area contributed by atoms with Crippen LogP contribution in [-0.2, 0) is 0 Å². The van der Waals surface area contributed by atoms with Crippen molar-refractivity contribution in [1.29, 1.82) is 0 Å². The fourth-order valence-electron chi connectivity index (χ4n) is 2.79. The third kappa shape index (κ3) is 2.46. The summed E-state index contributed by atoms with van der Waals surface area (Å²) < 4.78 is 0. The van der Waals surface area contributed by atoms with Crippen LogP contribution in [0.15, 0.2) is 0 Å². The van der Waals surface area contributed by atoms with E-state index in [1.165, 1.54) is 37.2 Å². The maximum atomic E-state index is 3.88. The maximum absolute atomic E-state index is 3.88. The van der Waals surface area contributed by atoms with Gasteiger partial charge in [-0.1, -0.05) is 26.7 Å². The molecule has 0 aromatic carbocycles. The van der Waals surface area contributed by atoms with Crippen LogP contribution in [0, 0.1) is 11.8 Å². The first kappa shape index (κ1) is 10.8. The number of hydrogen-bond donors (Lipinski definition) is 1. The second-order valence-corrected chi connectivity index (χ2v) is 6.25. The highest BCUT2D eigenvalue weighted by Crippen LogP contribution is 2.30. The van der Waals surface area contributed by atoms with Gasteiger partial charge in [0.25, 0.3) is 0 Å². The molecule has 1 saturated carbocycles. The van der Waals surface area contributed by atoms with Gasteiger partial charge in [0.15, 0.2) is 0 Å². The predicted molar refractivity (Wildman–Crippen MR) is 64.8 cm³/mol. The smallest absolute Gasteiger partial charge is 0.0168 e. The minimum Gasteiger partial charge on any atom is -0.310 e. The topological polar surface area (TPSA) is 12.0 Å². The van der Waals surface area contributed by atoms with Crippen LogP contribution in [0.5, 0.6) is 0 Å².